The quantitative estimate of drug-likeness (QED) is 0.724. The number of aromatic hydroxyl groups is 1. The third-order valence-electron chi connectivity index (χ3n) is 6.66. The maximum absolute atomic E-state index is 10.0. The molecule has 2 nitrogen and oxygen atoms in total. The number of nitrogens with zero attached hydrogens (tertiary/aromatic N) is 1. The molecule has 3 aliphatic carbocycles. The van der Waals surface area contributed by atoms with E-state index in [4.69, 9.17) is 0 Å². The van der Waals surface area contributed by atoms with Crippen LogP contribution in [0.4, 0.5) is 0 Å². The number of allylic oxidation sites excluding steroid dienone is 1. The zero-order valence-corrected chi connectivity index (χ0v) is 16.1. The first-order valence-electron chi connectivity index (χ1n) is 9.70. The number of likely N-dealkylation sites (N-methyl/N-ethyl adjacent to an activating group) is 1. The Hall–Kier alpha value is -2.06. The minimum absolute atomic E-state index is 0.336. The number of fused-ring (bicyclic) bond motifs is 1. The number of benzene rings is 2. The van der Waals surface area contributed by atoms with Crippen LogP contribution in [-0.4, -0.2) is 23.6 Å². The van der Waals surface area contributed by atoms with Crippen LogP contribution in [0.15, 0.2) is 60.2 Å². The summed E-state index contributed by atoms with van der Waals surface area (Å²) in [6, 6.07) is 16.1. The van der Waals surface area contributed by atoms with Gasteiger partial charge in [-0.1, -0.05) is 68.0 Å². The van der Waals surface area contributed by atoms with E-state index >= 15 is 0 Å². The van der Waals surface area contributed by atoms with Gasteiger partial charge in [-0.15, -0.1) is 0 Å². The second kappa shape index (κ2) is 6.59. The van der Waals surface area contributed by atoms with Crippen LogP contribution in [0, 0.1) is 17.3 Å². The number of hydrogen-bond acceptors (Lipinski definition) is 2. The van der Waals surface area contributed by atoms with Crippen LogP contribution in [0.2, 0.25) is 0 Å². The van der Waals surface area contributed by atoms with Crippen molar-refractivity contribution in [2.24, 2.45) is 17.3 Å². The van der Waals surface area contributed by atoms with Crippen LogP contribution in [-0.2, 0) is 6.54 Å². The van der Waals surface area contributed by atoms with Gasteiger partial charge in [0.15, 0.2) is 0 Å². The fourth-order valence-corrected chi connectivity index (χ4v) is 4.84. The molecule has 2 aromatic carbocycles. The summed E-state index contributed by atoms with van der Waals surface area (Å²) in [5.41, 5.74) is 5.41. The van der Waals surface area contributed by atoms with Crippen molar-refractivity contribution >= 4 is 0 Å². The molecule has 1 saturated carbocycles. The van der Waals surface area contributed by atoms with Crippen molar-refractivity contribution in [1.29, 1.82) is 0 Å². The monoisotopic (exact) mass is 347 g/mol. The molecule has 0 aromatic heterocycles. The second-order valence-corrected chi connectivity index (χ2v) is 8.71. The summed E-state index contributed by atoms with van der Waals surface area (Å²) >= 11 is 0. The summed E-state index contributed by atoms with van der Waals surface area (Å²) in [6.45, 7) is 6.91. The smallest absolute Gasteiger partial charge is 0.123 e. The highest BCUT2D eigenvalue weighted by molar-refractivity contribution is 5.69. The molecule has 1 fully saturated rings. The molecule has 2 bridgehead atoms. The van der Waals surface area contributed by atoms with Gasteiger partial charge in [-0.3, -0.25) is 4.90 Å². The van der Waals surface area contributed by atoms with Gasteiger partial charge in [-0.2, -0.15) is 0 Å². The second-order valence-electron chi connectivity index (χ2n) is 8.71. The van der Waals surface area contributed by atoms with E-state index in [1.54, 1.807) is 11.6 Å². The summed E-state index contributed by atoms with van der Waals surface area (Å²) in [5.74, 6) is 2.03. The van der Waals surface area contributed by atoms with Crippen molar-refractivity contribution in [3.05, 3.63) is 65.7 Å². The zero-order valence-electron chi connectivity index (χ0n) is 16.1. The van der Waals surface area contributed by atoms with Crippen LogP contribution < -0.4 is 0 Å². The molecule has 26 heavy (non-hydrogen) atoms. The highest BCUT2D eigenvalue weighted by Crippen LogP contribution is 2.59. The lowest BCUT2D eigenvalue weighted by molar-refractivity contribution is -0.0101. The van der Waals surface area contributed by atoms with Crippen LogP contribution in [0.5, 0.6) is 5.75 Å². The molecule has 0 saturated heterocycles. The Morgan fingerprint density at radius 2 is 1.77 bits per heavy atom. The first-order chi connectivity index (χ1) is 12.4. The van der Waals surface area contributed by atoms with Gasteiger partial charge >= 0.3 is 0 Å². The molecular weight excluding hydrogens is 318 g/mol. The first kappa shape index (κ1) is 17.4. The summed E-state index contributed by atoms with van der Waals surface area (Å²) < 4.78 is 0. The average molecular weight is 348 g/mol. The molecule has 0 aliphatic heterocycles. The van der Waals surface area contributed by atoms with Crippen LogP contribution in [0.25, 0.3) is 11.1 Å². The van der Waals surface area contributed by atoms with Crippen molar-refractivity contribution in [1.82, 2.24) is 4.90 Å². The first-order valence-corrected chi connectivity index (χ1v) is 9.70. The molecule has 2 heteroatoms. The lowest BCUT2D eigenvalue weighted by Crippen LogP contribution is -2.49. The van der Waals surface area contributed by atoms with Gasteiger partial charge in [-0.25, -0.2) is 0 Å². The van der Waals surface area contributed by atoms with E-state index in [1.165, 1.54) is 18.4 Å². The topological polar surface area (TPSA) is 23.5 Å². The van der Waals surface area contributed by atoms with Gasteiger partial charge in [0.05, 0.1) is 0 Å². The van der Waals surface area contributed by atoms with Crippen molar-refractivity contribution < 1.29 is 5.11 Å². The minimum atomic E-state index is 0.336. The zero-order chi connectivity index (χ0) is 18.3. The molecule has 2 aromatic rings. The van der Waals surface area contributed by atoms with Gasteiger partial charge in [0.1, 0.15) is 5.75 Å². The van der Waals surface area contributed by atoms with E-state index in [0.717, 1.165) is 36.1 Å². The third-order valence-corrected chi connectivity index (χ3v) is 6.66. The number of rotatable bonds is 5. The molecule has 0 heterocycles. The van der Waals surface area contributed by atoms with E-state index in [1.807, 2.05) is 18.2 Å². The number of hydrogen-bond donors (Lipinski definition) is 1. The highest BCUT2D eigenvalue weighted by atomic mass is 16.3. The van der Waals surface area contributed by atoms with E-state index in [0.29, 0.717) is 11.2 Å². The van der Waals surface area contributed by atoms with Crippen molar-refractivity contribution in [2.45, 2.75) is 33.2 Å². The Bertz CT molecular complexity index is 818. The largest absolute Gasteiger partial charge is 0.507 e. The van der Waals surface area contributed by atoms with Crippen LogP contribution >= 0.6 is 0 Å². The fourth-order valence-electron chi connectivity index (χ4n) is 4.84. The predicted molar refractivity (Wildman–Crippen MR) is 108 cm³/mol. The van der Waals surface area contributed by atoms with Crippen molar-refractivity contribution in [3.8, 4) is 16.9 Å². The maximum Gasteiger partial charge on any atom is 0.123 e. The molecule has 0 radical (unpaired) electrons. The average Bonchev–Trinajstić information content (AvgIpc) is 2.63. The molecule has 3 aliphatic rings. The van der Waals surface area contributed by atoms with Crippen molar-refractivity contribution in [3.63, 3.8) is 0 Å². The van der Waals surface area contributed by atoms with E-state index in [9.17, 15) is 5.11 Å². The van der Waals surface area contributed by atoms with Crippen molar-refractivity contribution in [2.75, 3.05) is 13.6 Å². The van der Waals surface area contributed by atoms with Crippen LogP contribution in [0.3, 0.4) is 0 Å². The number of phenols is 1. The lowest BCUT2D eigenvalue weighted by Gasteiger charge is -2.57. The standard InChI is InChI=1S/C24H29NO/c1-24(2)20-13-12-19(22(24)14-20)16-25(3)15-17-8-10-18(11-9-17)21-6-4-5-7-23(21)26/h4-12,20,22,26H,13-16H2,1-3H3/t20-,22-/m0/s1. The maximum atomic E-state index is 10.0. The van der Waals surface area contributed by atoms with E-state index < -0.39 is 0 Å². The van der Waals surface area contributed by atoms with Gasteiger partial charge in [0, 0.05) is 18.7 Å². The molecule has 1 N–H and O–H groups in total. The van der Waals surface area contributed by atoms with Gasteiger partial charge in [0.25, 0.3) is 0 Å². The highest BCUT2D eigenvalue weighted by Gasteiger charge is 2.50. The Labute approximate surface area is 157 Å². The van der Waals surface area contributed by atoms with E-state index in [-0.39, 0.29) is 0 Å². The summed E-state index contributed by atoms with van der Waals surface area (Å²) in [5, 5.41) is 10.0. The Balaban J connectivity index is 1.40. The Morgan fingerprint density at radius 3 is 2.42 bits per heavy atom. The number of para-hydroxylation sites is 1. The molecule has 2 atom stereocenters. The minimum Gasteiger partial charge on any atom is -0.507 e. The summed E-state index contributed by atoms with van der Waals surface area (Å²) in [4.78, 5) is 2.43. The fraction of sp³-hybridized carbons (Fsp3) is 0.417. The Morgan fingerprint density at radius 1 is 1.04 bits per heavy atom. The van der Waals surface area contributed by atoms with Crippen LogP contribution in [0.1, 0.15) is 32.3 Å². The van der Waals surface area contributed by atoms with E-state index in [2.05, 4.69) is 56.1 Å². The molecule has 0 amide bonds. The normalized spacial score (nSPS) is 23.5. The third kappa shape index (κ3) is 3.07. The molecule has 0 unspecified atom stereocenters. The molecule has 5 rings (SSSR count). The summed E-state index contributed by atoms with van der Waals surface area (Å²) in [7, 11) is 2.22. The van der Waals surface area contributed by atoms with Gasteiger partial charge < -0.3 is 5.11 Å². The van der Waals surface area contributed by atoms with Gasteiger partial charge in [-0.05, 0) is 54.3 Å². The SMILES string of the molecule is CN(CC1=CC[C@H]2C[C@@H]1C2(C)C)Cc1ccc(-c2ccccc2O)cc1. The molecule has 0 spiro atoms. The lowest BCUT2D eigenvalue weighted by atomic mass is 9.49. The predicted octanol–water partition coefficient (Wildman–Crippen LogP) is 5.48. The van der Waals surface area contributed by atoms with Gasteiger partial charge in [0.2, 0.25) is 0 Å². The Kier molecular flexibility index (Phi) is 4.40. The molecule has 136 valence electrons. The number of phenolic OH excluding ortho intramolecular Hbond substituents is 1. The molecular formula is C24H29NO. The summed E-state index contributed by atoms with van der Waals surface area (Å²) in [6.07, 6.45) is 5.16.